The zero-order valence-corrected chi connectivity index (χ0v) is 12.8. The van der Waals surface area contributed by atoms with Gasteiger partial charge >= 0.3 is 0 Å². The molecule has 1 aromatic carbocycles. The Kier molecular flexibility index (Phi) is 4.66. The van der Waals surface area contributed by atoms with Crippen molar-refractivity contribution in [2.45, 2.75) is 31.8 Å². The lowest BCUT2D eigenvalue weighted by atomic mass is 10.2. The molecular weight excluding hydrogens is 254 g/mol. The SMILES string of the molecule is CSc1ccc(CNCc2c(C)nn(C)c2C)cc1. The van der Waals surface area contributed by atoms with E-state index in [9.17, 15) is 0 Å². The van der Waals surface area contributed by atoms with Crippen LogP contribution < -0.4 is 5.32 Å². The van der Waals surface area contributed by atoms with Crippen molar-refractivity contribution in [2.75, 3.05) is 6.26 Å². The zero-order chi connectivity index (χ0) is 13.8. The molecule has 2 rings (SSSR count). The van der Waals surface area contributed by atoms with Gasteiger partial charge in [-0.3, -0.25) is 4.68 Å². The summed E-state index contributed by atoms with van der Waals surface area (Å²) in [5.74, 6) is 0. The maximum atomic E-state index is 4.43. The molecule has 0 amide bonds. The van der Waals surface area contributed by atoms with Crippen LogP contribution in [0.1, 0.15) is 22.5 Å². The van der Waals surface area contributed by atoms with Gasteiger partial charge in [-0.2, -0.15) is 5.10 Å². The van der Waals surface area contributed by atoms with Crippen LogP contribution in [0.3, 0.4) is 0 Å². The molecule has 1 heterocycles. The van der Waals surface area contributed by atoms with Crippen molar-refractivity contribution in [1.82, 2.24) is 15.1 Å². The standard InChI is InChI=1S/C15H21N3S/c1-11-15(12(2)18(3)17-11)10-16-9-13-5-7-14(19-4)8-6-13/h5-8,16H,9-10H2,1-4H3. The smallest absolute Gasteiger partial charge is 0.0641 e. The number of rotatable bonds is 5. The predicted molar refractivity (Wildman–Crippen MR) is 81.4 cm³/mol. The maximum absolute atomic E-state index is 4.43. The van der Waals surface area contributed by atoms with Gasteiger partial charge in [-0.1, -0.05) is 12.1 Å². The monoisotopic (exact) mass is 275 g/mol. The van der Waals surface area contributed by atoms with Gasteiger partial charge in [-0.05, 0) is 37.8 Å². The van der Waals surface area contributed by atoms with E-state index in [0.29, 0.717) is 0 Å². The Bertz CT molecular complexity index is 543. The van der Waals surface area contributed by atoms with Crippen LogP contribution in [0.5, 0.6) is 0 Å². The first-order valence-electron chi connectivity index (χ1n) is 6.44. The summed E-state index contributed by atoms with van der Waals surface area (Å²) >= 11 is 1.77. The Morgan fingerprint density at radius 1 is 1.16 bits per heavy atom. The fraction of sp³-hybridized carbons (Fsp3) is 0.400. The second kappa shape index (κ2) is 6.26. The lowest BCUT2D eigenvalue weighted by molar-refractivity contribution is 0.683. The molecule has 1 N–H and O–H groups in total. The first-order valence-corrected chi connectivity index (χ1v) is 7.67. The van der Waals surface area contributed by atoms with Crippen molar-refractivity contribution >= 4 is 11.8 Å². The van der Waals surface area contributed by atoms with Gasteiger partial charge in [-0.25, -0.2) is 0 Å². The van der Waals surface area contributed by atoms with Gasteiger partial charge in [0.25, 0.3) is 0 Å². The molecule has 0 atom stereocenters. The van der Waals surface area contributed by atoms with Crippen LogP contribution in [0, 0.1) is 13.8 Å². The summed E-state index contributed by atoms with van der Waals surface area (Å²) in [5.41, 5.74) is 4.98. The van der Waals surface area contributed by atoms with Gasteiger partial charge in [0, 0.05) is 36.3 Å². The average molecular weight is 275 g/mol. The Morgan fingerprint density at radius 3 is 2.37 bits per heavy atom. The van der Waals surface area contributed by atoms with Crippen molar-refractivity contribution < 1.29 is 0 Å². The Hall–Kier alpha value is -1.26. The Balaban J connectivity index is 1.92. The normalized spacial score (nSPS) is 10.9. The quantitative estimate of drug-likeness (QED) is 0.851. The molecule has 0 radical (unpaired) electrons. The van der Waals surface area contributed by atoms with Gasteiger partial charge in [0.15, 0.2) is 0 Å². The van der Waals surface area contributed by atoms with Gasteiger partial charge in [0.05, 0.1) is 5.69 Å². The fourth-order valence-electron chi connectivity index (χ4n) is 2.15. The van der Waals surface area contributed by atoms with Crippen LogP contribution in [-0.2, 0) is 20.1 Å². The van der Waals surface area contributed by atoms with Crippen LogP contribution >= 0.6 is 11.8 Å². The molecule has 0 aliphatic heterocycles. The van der Waals surface area contributed by atoms with E-state index in [0.717, 1.165) is 18.8 Å². The van der Waals surface area contributed by atoms with Crippen LogP contribution in [0.15, 0.2) is 29.2 Å². The highest BCUT2D eigenvalue weighted by Crippen LogP contribution is 2.15. The molecule has 0 aliphatic rings. The summed E-state index contributed by atoms with van der Waals surface area (Å²) in [6, 6.07) is 8.70. The zero-order valence-electron chi connectivity index (χ0n) is 12.0. The summed E-state index contributed by atoms with van der Waals surface area (Å²) in [5, 5.41) is 7.92. The first-order chi connectivity index (χ1) is 9.11. The van der Waals surface area contributed by atoms with Gasteiger partial charge in [-0.15, -0.1) is 11.8 Å². The van der Waals surface area contributed by atoms with E-state index in [1.54, 1.807) is 11.8 Å². The van der Waals surface area contributed by atoms with E-state index in [1.165, 1.54) is 21.7 Å². The molecule has 102 valence electrons. The summed E-state index contributed by atoms with van der Waals surface area (Å²) < 4.78 is 1.94. The third kappa shape index (κ3) is 3.39. The fourth-order valence-corrected chi connectivity index (χ4v) is 2.56. The molecule has 4 heteroatoms. The lowest BCUT2D eigenvalue weighted by Crippen LogP contribution is -2.13. The average Bonchev–Trinajstić information content (AvgIpc) is 2.66. The Morgan fingerprint density at radius 2 is 1.84 bits per heavy atom. The molecule has 0 aliphatic carbocycles. The molecule has 3 nitrogen and oxygen atoms in total. The highest BCUT2D eigenvalue weighted by molar-refractivity contribution is 7.98. The number of benzene rings is 1. The molecular formula is C15H21N3S. The maximum Gasteiger partial charge on any atom is 0.0641 e. The summed E-state index contributed by atoms with van der Waals surface area (Å²) in [7, 11) is 1.99. The van der Waals surface area contributed by atoms with E-state index in [2.05, 4.69) is 54.8 Å². The van der Waals surface area contributed by atoms with Crippen molar-refractivity contribution in [2.24, 2.45) is 7.05 Å². The molecule has 0 unspecified atom stereocenters. The molecule has 19 heavy (non-hydrogen) atoms. The van der Waals surface area contributed by atoms with Crippen LogP contribution in [0.2, 0.25) is 0 Å². The highest BCUT2D eigenvalue weighted by Gasteiger charge is 2.08. The first kappa shape index (κ1) is 14.2. The molecule has 0 spiro atoms. The predicted octanol–water partition coefficient (Wildman–Crippen LogP) is 3.05. The number of nitrogens with one attached hydrogen (secondary N) is 1. The molecule has 1 aromatic heterocycles. The highest BCUT2D eigenvalue weighted by atomic mass is 32.2. The minimum atomic E-state index is 0.871. The third-order valence-corrected chi connectivity index (χ3v) is 4.19. The van der Waals surface area contributed by atoms with E-state index in [-0.39, 0.29) is 0 Å². The third-order valence-electron chi connectivity index (χ3n) is 3.45. The molecule has 0 bridgehead atoms. The van der Waals surface area contributed by atoms with Crippen molar-refractivity contribution in [1.29, 1.82) is 0 Å². The van der Waals surface area contributed by atoms with E-state index in [1.807, 2.05) is 11.7 Å². The van der Waals surface area contributed by atoms with E-state index >= 15 is 0 Å². The second-order valence-electron chi connectivity index (χ2n) is 4.72. The Labute approximate surface area is 119 Å². The number of hydrogen-bond acceptors (Lipinski definition) is 3. The van der Waals surface area contributed by atoms with Gasteiger partial charge in [0.2, 0.25) is 0 Å². The van der Waals surface area contributed by atoms with E-state index < -0.39 is 0 Å². The minimum Gasteiger partial charge on any atom is -0.308 e. The number of nitrogens with zero attached hydrogens (tertiary/aromatic N) is 2. The number of aromatic nitrogens is 2. The summed E-state index contributed by atoms with van der Waals surface area (Å²) in [6.45, 7) is 5.94. The summed E-state index contributed by atoms with van der Waals surface area (Å²) in [6.07, 6.45) is 2.10. The summed E-state index contributed by atoms with van der Waals surface area (Å²) in [4.78, 5) is 1.31. The number of thioether (sulfide) groups is 1. The van der Waals surface area contributed by atoms with Crippen LogP contribution in [0.25, 0.3) is 0 Å². The number of hydrogen-bond donors (Lipinski definition) is 1. The topological polar surface area (TPSA) is 29.9 Å². The molecule has 0 fully saturated rings. The van der Waals surface area contributed by atoms with Gasteiger partial charge in [0.1, 0.15) is 0 Å². The van der Waals surface area contributed by atoms with Crippen molar-refractivity contribution in [3.05, 3.63) is 46.8 Å². The lowest BCUT2D eigenvalue weighted by Gasteiger charge is -2.06. The molecule has 2 aromatic rings. The van der Waals surface area contributed by atoms with E-state index in [4.69, 9.17) is 0 Å². The number of aryl methyl sites for hydroxylation is 2. The molecule has 0 saturated carbocycles. The van der Waals surface area contributed by atoms with Crippen molar-refractivity contribution in [3.63, 3.8) is 0 Å². The largest absolute Gasteiger partial charge is 0.308 e. The van der Waals surface area contributed by atoms with Crippen molar-refractivity contribution in [3.8, 4) is 0 Å². The second-order valence-corrected chi connectivity index (χ2v) is 5.60. The van der Waals surface area contributed by atoms with Gasteiger partial charge < -0.3 is 5.32 Å². The molecule has 0 saturated heterocycles. The van der Waals surface area contributed by atoms with Crippen LogP contribution in [-0.4, -0.2) is 16.0 Å². The minimum absolute atomic E-state index is 0.871. The van der Waals surface area contributed by atoms with Crippen LogP contribution in [0.4, 0.5) is 0 Å².